The van der Waals surface area contributed by atoms with Crippen LogP contribution in [0.25, 0.3) is 0 Å². The monoisotopic (exact) mass is 323 g/mol. The van der Waals surface area contributed by atoms with Crippen LogP contribution in [0.4, 0.5) is 5.69 Å². The highest BCUT2D eigenvalue weighted by Gasteiger charge is 2.21. The van der Waals surface area contributed by atoms with Crippen LogP contribution in [0.5, 0.6) is 17.2 Å². The summed E-state index contributed by atoms with van der Waals surface area (Å²) in [6, 6.07) is 1.48. The zero-order valence-corrected chi connectivity index (χ0v) is 13.7. The topological polar surface area (TPSA) is 97.1 Å². The summed E-state index contributed by atoms with van der Waals surface area (Å²) in [5.41, 5.74) is 6.67. The first-order valence-electron chi connectivity index (χ1n) is 6.84. The average molecular weight is 323 g/mol. The summed E-state index contributed by atoms with van der Waals surface area (Å²) >= 11 is 0. The molecule has 7 nitrogen and oxygen atoms in total. The number of ketones is 1. The number of ether oxygens (including phenoxy) is 4. The average Bonchev–Trinajstić information content (AvgIpc) is 2.50. The Balaban J connectivity index is 2.97. The fourth-order valence-electron chi connectivity index (χ4n) is 1.81. The molecule has 0 saturated heterocycles. The largest absolute Gasteiger partial charge is 0.493 e. The zero-order chi connectivity index (χ0) is 17.6. The van der Waals surface area contributed by atoms with E-state index < -0.39 is 5.97 Å². The molecule has 0 heterocycles. The van der Waals surface area contributed by atoms with Gasteiger partial charge in [0.1, 0.15) is 13.2 Å². The van der Waals surface area contributed by atoms with E-state index in [1.54, 1.807) is 6.92 Å². The highest BCUT2D eigenvalue weighted by Crippen LogP contribution is 2.44. The Morgan fingerprint density at radius 1 is 1.13 bits per heavy atom. The summed E-state index contributed by atoms with van der Waals surface area (Å²) in [7, 11) is 2.84. The summed E-state index contributed by atoms with van der Waals surface area (Å²) in [6.45, 7) is 6.50. The number of anilines is 1. The first-order chi connectivity index (χ1) is 10.8. The lowest BCUT2D eigenvalue weighted by Crippen LogP contribution is -2.14. The molecule has 0 aliphatic rings. The number of rotatable bonds is 8. The Kier molecular flexibility index (Phi) is 6.44. The lowest BCUT2D eigenvalue weighted by Gasteiger charge is -2.18. The van der Waals surface area contributed by atoms with Crippen molar-refractivity contribution >= 4 is 17.4 Å². The van der Waals surface area contributed by atoms with Crippen molar-refractivity contribution in [3.63, 3.8) is 0 Å². The molecule has 1 aromatic carbocycles. The third-order valence-corrected chi connectivity index (χ3v) is 2.95. The second-order valence-corrected chi connectivity index (χ2v) is 4.72. The predicted molar refractivity (Wildman–Crippen MR) is 85.2 cm³/mol. The van der Waals surface area contributed by atoms with E-state index in [2.05, 4.69) is 6.58 Å². The van der Waals surface area contributed by atoms with Crippen molar-refractivity contribution in [1.29, 1.82) is 0 Å². The molecule has 0 bridgehead atoms. The van der Waals surface area contributed by atoms with E-state index in [0.717, 1.165) is 0 Å². The number of Topliss-reactive ketones (excluding diaryl/α,β-unsaturated/α-hetero) is 1. The minimum atomic E-state index is -0.501. The van der Waals surface area contributed by atoms with Crippen molar-refractivity contribution in [1.82, 2.24) is 0 Å². The first-order valence-corrected chi connectivity index (χ1v) is 6.84. The number of hydrogen-bond donors (Lipinski definition) is 1. The zero-order valence-electron chi connectivity index (χ0n) is 13.7. The molecule has 0 aliphatic heterocycles. The Bertz CT molecular complexity index is 623. The van der Waals surface area contributed by atoms with Gasteiger partial charge in [0, 0.05) is 11.1 Å². The van der Waals surface area contributed by atoms with Gasteiger partial charge in [-0.3, -0.25) is 4.79 Å². The number of methoxy groups -OCH3 is 2. The maximum atomic E-state index is 11.6. The first kappa shape index (κ1) is 18.3. The normalized spacial score (nSPS) is 9.91. The second kappa shape index (κ2) is 8.07. The van der Waals surface area contributed by atoms with Crippen LogP contribution in [-0.2, 0) is 9.53 Å². The number of esters is 1. The molecular weight excluding hydrogens is 302 g/mol. The molecule has 0 radical (unpaired) electrons. The quantitative estimate of drug-likeness (QED) is 0.257. The molecule has 23 heavy (non-hydrogen) atoms. The van der Waals surface area contributed by atoms with E-state index in [1.807, 2.05) is 0 Å². The molecule has 0 fully saturated rings. The van der Waals surface area contributed by atoms with E-state index in [-0.39, 0.29) is 41.7 Å². The van der Waals surface area contributed by atoms with Gasteiger partial charge in [-0.1, -0.05) is 6.58 Å². The van der Waals surface area contributed by atoms with Crippen LogP contribution in [0.1, 0.15) is 24.2 Å². The molecular formula is C16H21NO6. The molecule has 0 aliphatic carbocycles. The van der Waals surface area contributed by atoms with Crippen LogP contribution in [0.2, 0.25) is 0 Å². The fourth-order valence-corrected chi connectivity index (χ4v) is 1.81. The van der Waals surface area contributed by atoms with Gasteiger partial charge in [-0.25, -0.2) is 4.79 Å². The lowest BCUT2D eigenvalue weighted by atomic mass is 10.1. The number of benzene rings is 1. The molecule has 0 saturated carbocycles. The van der Waals surface area contributed by atoms with E-state index in [0.29, 0.717) is 11.3 Å². The van der Waals surface area contributed by atoms with Gasteiger partial charge >= 0.3 is 5.97 Å². The van der Waals surface area contributed by atoms with Crippen LogP contribution in [-0.4, -0.2) is 39.2 Å². The summed E-state index contributed by atoms with van der Waals surface area (Å²) in [5.74, 6) is 0.0112. The van der Waals surface area contributed by atoms with Crippen molar-refractivity contribution in [3.8, 4) is 17.2 Å². The molecule has 7 heteroatoms. The molecule has 1 rings (SSSR count). The van der Waals surface area contributed by atoms with Crippen LogP contribution < -0.4 is 19.9 Å². The van der Waals surface area contributed by atoms with Gasteiger partial charge < -0.3 is 24.7 Å². The maximum absolute atomic E-state index is 11.6. The molecule has 0 amide bonds. The summed E-state index contributed by atoms with van der Waals surface area (Å²) < 4.78 is 20.9. The van der Waals surface area contributed by atoms with Crippen molar-refractivity contribution in [2.24, 2.45) is 0 Å². The van der Waals surface area contributed by atoms with Gasteiger partial charge in [-0.05, 0) is 19.9 Å². The standard InChI is InChI=1S/C16H21NO6/c1-9(2)16(19)23-7-6-22-14-12(20-4)8-11(10(3)18)13(17)15(14)21-5/h8H,1,6-7,17H2,2-5H3. The minimum Gasteiger partial charge on any atom is -0.493 e. The Morgan fingerprint density at radius 2 is 1.78 bits per heavy atom. The molecule has 2 N–H and O–H groups in total. The molecule has 126 valence electrons. The highest BCUT2D eigenvalue weighted by molar-refractivity contribution is 6.01. The van der Waals surface area contributed by atoms with Gasteiger partial charge in [0.2, 0.25) is 5.75 Å². The number of carbonyl (C=O) groups excluding carboxylic acids is 2. The van der Waals surface area contributed by atoms with Gasteiger partial charge in [0.15, 0.2) is 17.3 Å². The van der Waals surface area contributed by atoms with E-state index in [4.69, 9.17) is 24.7 Å². The second-order valence-electron chi connectivity index (χ2n) is 4.72. The van der Waals surface area contributed by atoms with E-state index >= 15 is 0 Å². The van der Waals surface area contributed by atoms with Crippen LogP contribution in [0.15, 0.2) is 18.2 Å². The summed E-state index contributed by atoms with van der Waals surface area (Å²) in [4.78, 5) is 22.9. The SMILES string of the molecule is C=C(C)C(=O)OCCOc1c(OC)cc(C(C)=O)c(N)c1OC. The van der Waals surface area contributed by atoms with Gasteiger partial charge in [-0.2, -0.15) is 0 Å². The third-order valence-electron chi connectivity index (χ3n) is 2.95. The Morgan fingerprint density at radius 3 is 2.26 bits per heavy atom. The number of nitrogen functional groups attached to an aromatic ring is 1. The number of nitrogens with two attached hydrogens (primary N) is 1. The molecule has 0 atom stereocenters. The predicted octanol–water partition coefficient (Wildman–Crippen LogP) is 1.99. The van der Waals surface area contributed by atoms with Gasteiger partial charge in [-0.15, -0.1) is 0 Å². The minimum absolute atomic E-state index is 0.0202. The van der Waals surface area contributed by atoms with E-state index in [1.165, 1.54) is 27.2 Å². The summed E-state index contributed by atoms with van der Waals surface area (Å²) in [5, 5.41) is 0. The van der Waals surface area contributed by atoms with Crippen molar-refractivity contribution in [2.45, 2.75) is 13.8 Å². The van der Waals surface area contributed by atoms with Crippen molar-refractivity contribution < 1.29 is 28.5 Å². The van der Waals surface area contributed by atoms with Crippen LogP contribution in [0.3, 0.4) is 0 Å². The highest BCUT2D eigenvalue weighted by atomic mass is 16.6. The third kappa shape index (κ3) is 4.38. The Hall–Kier alpha value is -2.70. The molecule has 0 aromatic heterocycles. The molecule has 1 aromatic rings. The lowest BCUT2D eigenvalue weighted by molar-refractivity contribution is -0.139. The number of carbonyl (C=O) groups is 2. The molecule has 0 unspecified atom stereocenters. The fraction of sp³-hybridized carbons (Fsp3) is 0.375. The van der Waals surface area contributed by atoms with Gasteiger partial charge in [0.05, 0.1) is 19.9 Å². The number of hydrogen-bond acceptors (Lipinski definition) is 7. The van der Waals surface area contributed by atoms with Crippen LogP contribution >= 0.6 is 0 Å². The van der Waals surface area contributed by atoms with Gasteiger partial charge in [0.25, 0.3) is 0 Å². The summed E-state index contributed by atoms with van der Waals surface area (Å²) in [6.07, 6.45) is 0. The van der Waals surface area contributed by atoms with Crippen molar-refractivity contribution in [3.05, 3.63) is 23.8 Å². The van der Waals surface area contributed by atoms with E-state index in [9.17, 15) is 9.59 Å². The maximum Gasteiger partial charge on any atom is 0.333 e. The Labute approximate surface area is 135 Å². The van der Waals surface area contributed by atoms with Crippen LogP contribution in [0, 0.1) is 0 Å². The molecule has 0 spiro atoms. The smallest absolute Gasteiger partial charge is 0.333 e. The van der Waals surface area contributed by atoms with Crippen molar-refractivity contribution in [2.75, 3.05) is 33.2 Å².